The lowest BCUT2D eigenvalue weighted by atomic mass is 10.0. The van der Waals surface area contributed by atoms with Gasteiger partial charge in [-0.15, -0.1) is 0 Å². The molecule has 3 atom stereocenters. The van der Waals surface area contributed by atoms with E-state index in [1.807, 2.05) is 24.3 Å². The van der Waals surface area contributed by atoms with Gasteiger partial charge in [-0.1, -0.05) is 23.5 Å². The third-order valence-electron chi connectivity index (χ3n) is 3.40. The number of thiazole rings is 1. The van der Waals surface area contributed by atoms with Crippen molar-refractivity contribution in [2.45, 2.75) is 24.7 Å². The molecule has 1 fully saturated rings. The van der Waals surface area contributed by atoms with Crippen molar-refractivity contribution in [2.24, 2.45) is 0 Å². The van der Waals surface area contributed by atoms with Crippen molar-refractivity contribution >= 4 is 11.3 Å². The molecule has 5 nitrogen and oxygen atoms in total. The van der Waals surface area contributed by atoms with Gasteiger partial charge in [0.05, 0.1) is 23.9 Å². The summed E-state index contributed by atoms with van der Waals surface area (Å²) in [5.74, 6) is 0.762. The maximum atomic E-state index is 9.80. The molecule has 0 radical (unpaired) electrons. The summed E-state index contributed by atoms with van der Waals surface area (Å²) < 4.78 is 5.63. The minimum absolute atomic E-state index is 0.0988. The van der Waals surface area contributed by atoms with E-state index in [1.54, 1.807) is 11.7 Å². The quantitative estimate of drug-likeness (QED) is 0.789. The van der Waals surface area contributed by atoms with Gasteiger partial charge < -0.3 is 20.3 Å². The summed E-state index contributed by atoms with van der Waals surface area (Å²) in [5, 5.41) is 23.2. The van der Waals surface area contributed by atoms with Gasteiger partial charge in [0.1, 0.15) is 5.75 Å². The van der Waals surface area contributed by atoms with Crippen LogP contribution in [0.3, 0.4) is 0 Å². The van der Waals surface area contributed by atoms with Crippen LogP contribution in [0.25, 0.3) is 0 Å². The minimum atomic E-state index is -0.705. The Morgan fingerprint density at radius 2 is 2.10 bits per heavy atom. The lowest BCUT2D eigenvalue weighted by Crippen LogP contribution is -2.34. The van der Waals surface area contributed by atoms with E-state index in [-0.39, 0.29) is 6.04 Å². The zero-order valence-corrected chi connectivity index (χ0v) is 11.6. The summed E-state index contributed by atoms with van der Waals surface area (Å²) >= 11 is 1.44. The van der Waals surface area contributed by atoms with Gasteiger partial charge in [0, 0.05) is 12.6 Å². The number of ether oxygens (including phenoxy) is 1. The molecule has 6 heteroatoms. The first-order valence-corrected chi connectivity index (χ1v) is 7.35. The number of aromatic nitrogens is 1. The zero-order chi connectivity index (χ0) is 13.9. The lowest BCUT2D eigenvalue weighted by Gasteiger charge is -2.16. The molecule has 0 unspecified atom stereocenters. The second kappa shape index (κ2) is 5.88. The van der Waals surface area contributed by atoms with Crippen molar-refractivity contribution in [2.75, 3.05) is 6.54 Å². The molecule has 2 aromatic rings. The minimum Gasteiger partial charge on any atom is -0.445 e. The Bertz CT molecular complexity index is 544. The Morgan fingerprint density at radius 3 is 2.70 bits per heavy atom. The Balaban J connectivity index is 1.61. The number of nitrogens with zero attached hydrogens (tertiary/aromatic N) is 1. The van der Waals surface area contributed by atoms with Crippen molar-refractivity contribution in [3.8, 4) is 10.8 Å². The maximum absolute atomic E-state index is 9.80. The standard InChI is InChI=1S/C14H16N2O3S/c17-12-6-16-11(14(12)18)5-9-1-3-10(4-2-9)19-13-7-15-8-20-13/h1-4,7-8,11-12,14,16-18H,5-6H2/t11-,12+,14+/m1/s1. The number of hydrogen-bond donors (Lipinski definition) is 3. The van der Waals surface area contributed by atoms with E-state index < -0.39 is 12.2 Å². The van der Waals surface area contributed by atoms with Gasteiger partial charge in [-0.3, -0.25) is 0 Å². The first-order valence-electron chi connectivity index (χ1n) is 6.47. The molecular formula is C14H16N2O3S. The van der Waals surface area contributed by atoms with E-state index >= 15 is 0 Å². The number of rotatable bonds is 4. The number of hydrogen-bond acceptors (Lipinski definition) is 6. The van der Waals surface area contributed by atoms with Gasteiger partial charge in [0.2, 0.25) is 5.06 Å². The summed E-state index contributed by atoms with van der Waals surface area (Å²) in [6.07, 6.45) is 0.981. The van der Waals surface area contributed by atoms with Crippen LogP contribution < -0.4 is 10.1 Å². The highest BCUT2D eigenvalue weighted by Gasteiger charge is 2.32. The molecule has 1 aliphatic heterocycles. The topological polar surface area (TPSA) is 74.6 Å². The lowest BCUT2D eigenvalue weighted by molar-refractivity contribution is 0.0408. The van der Waals surface area contributed by atoms with Gasteiger partial charge in [-0.2, -0.15) is 0 Å². The normalized spacial score (nSPS) is 25.8. The fourth-order valence-corrected chi connectivity index (χ4v) is 2.78. The van der Waals surface area contributed by atoms with Crippen LogP contribution in [-0.4, -0.2) is 40.0 Å². The highest BCUT2D eigenvalue weighted by molar-refractivity contribution is 7.11. The van der Waals surface area contributed by atoms with Gasteiger partial charge >= 0.3 is 0 Å². The predicted octanol–water partition coefficient (Wildman–Crippen LogP) is 1.17. The molecule has 1 aliphatic rings. The number of aliphatic hydroxyl groups is 2. The van der Waals surface area contributed by atoms with Crippen LogP contribution in [0.2, 0.25) is 0 Å². The molecule has 20 heavy (non-hydrogen) atoms. The van der Waals surface area contributed by atoms with Crippen LogP contribution in [0.15, 0.2) is 36.0 Å². The first kappa shape index (κ1) is 13.5. The van der Waals surface area contributed by atoms with E-state index in [1.165, 1.54) is 11.3 Å². The fraction of sp³-hybridized carbons (Fsp3) is 0.357. The molecule has 1 saturated heterocycles. The Morgan fingerprint density at radius 1 is 1.30 bits per heavy atom. The van der Waals surface area contributed by atoms with Crippen molar-refractivity contribution in [3.63, 3.8) is 0 Å². The summed E-state index contributed by atoms with van der Waals surface area (Å²) in [6, 6.07) is 7.63. The monoisotopic (exact) mass is 292 g/mol. The maximum Gasteiger partial charge on any atom is 0.200 e. The second-order valence-electron chi connectivity index (χ2n) is 4.84. The molecule has 0 spiro atoms. The van der Waals surface area contributed by atoms with Gasteiger partial charge in [-0.25, -0.2) is 4.98 Å². The summed E-state index contributed by atoms with van der Waals surface area (Å²) in [7, 11) is 0. The van der Waals surface area contributed by atoms with Crippen LogP contribution >= 0.6 is 11.3 Å². The molecule has 0 amide bonds. The molecule has 3 rings (SSSR count). The van der Waals surface area contributed by atoms with Crippen molar-refractivity contribution in [3.05, 3.63) is 41.5 Å². The Hall–Kier alpha value is -1.47. The third-order valence-corrected chi connectivity index (χ3v) is 4.05. The Labute approximate surface area is 120 Å². The van der Waals surface area contributed by atoms with Crippen LogP contribution in [0.1, 0.15) is 5.56 Å². The second-order valence-corrected chi connectivity index (χ2v) is 5.69. The number of benzene rings is 1. The van der Waals surface area contributed by atoms with E-state index in [0.29, 0.717) is 13.0 Å². The van der Waals surface area contributed by atoms with Crippen LogP contribution in [0.4, 0.5) is 0 Å². The molecule has 1 aromatic heterocycles. The molecule has 2 heterocycles. The number of β-amino-alcohol motifs (C(OH)–C–C–N with tert-alkyl or cyclic N) is 1. The van der Waals surface area contributed by atoms with E-state index in [2.05, 4.69) is 10.3 Å². The third kappa shape index (κ3) is 2.99. The largest absolute Gasteiger partial charge is 0.445 e. The van der Waals surface area contributed by atoms with Crippen LogP contribution in [-0.2, 0) is 6.42 Å². The fourth-order valence-electron chi connectivity index (χ4n) is 2.29. The molecule has 106 valence electrons. The van der Waals surface area contributed by atoms with E-state index in [9.17, 15) is 10.2 Å². The molecule has 0 saturated carbocycles. The highest BCUT2D eigenvalue weighted by Crippen LogP contribution is 2.25. The molecule has 0 aliphatic carbocycles. The van der Waals surface area contributed by atoms with Gasteiger partial charge in [0.15, 0.2) is 0 Å². The zero-order valence-electron chi connectivity index (χ0n) is 10.8. The molecule has 1 aromatic carbocycles. The van der Waals surface area contributed by atoms with Crippen molar-refractivity contribution in [1.29, 1.82) is 0 Å². The number of nitrogens with one attached hydrogen (secondary N) is 1. The van der Waals surface area contributed by atoms with Gasteiger partial charge in [-0.05, 0) is 24.1 Å². The summed E-state index contributed by atoms with van der Waals surface area (Å²) in [4.78, 5) is 3.95. The Kier molecular flexibility index (Phi) is 3.98. The molecule has 0 bridgehead atoms. The average molecular weight is 292 g/mol. The van der Waals surface area contributed by atoms with E-state index in [4.69, 9.17) is 4.74 Å². The smallest absolute Gasteiger partial charge is 0.200 e. The molecular weight excluding hydrogens is 276 g/mol. The van der Waals surface area contributed by atoms with Crippen LogP contribution in [0.5, 0.6) is 10.8 Å². The number of aliphatic hydroxyl groups excluding tert-OH is 2. The van der Waals surface area contributed by atoms with Crippen molar-refractivity contribution in [1.82, 2.24) is 10.3 Å². The predicted molar refractivity (Wildman–Crippen MR) is 76.1 cm³/mol. The highest BCUT2D eigenvalue weighted by atomic mass is 32.1. The first-order chi connectivity index (χ1) is 9.72. The van der Waals surface area contributed by atoms with Gasteiger partial charge in [0.25, 0.3) is 0 Å². The van der Waals surface area contributed by atoms with Crippen molar-refractivity contribution < 1.29 is 14.9 Å². The average Bonchev–Trinajstić information content (AvgIpc) is 3.06. The summed E-state index contributed by atoms with van der Waals surface area (Å²) in [6.45, 7) is 0.443. The summed E-state index contributed by atoms with van der Waals surface area (Å²) in [5.41, 5.74) is 2.81. The molecule has 3 N–H and O–H groups in total. The SMILES string of the molecule is O[C@@H]1[C@@H](O)CN[C@@H]1Cc1ccc(Oc2cncs2)cc1. The van der Waals surface area contributed by atoms with Crippen LogP contribution in [0, 0.1) is 0 Å². The van der Waals surface area contributed by atoms with E-state index in [0.717, 1.165) is 16.4 Å².